The Morgan fingerprint density at radius 3 is 2.58 bits per heavy atom. The van der Waals surface area contributed by atoms with Crippen LogP contribution in [0.25, 0.3) is 16.9 Å². The number of piperidine rings is 1. The largest absolute Gasteiger partial charge is 0.444 e. The van der Waals surface area contributed by atoms with Gasteiger partial charge in [-0.1, -0.05) is 26.0 Å². The van der Waals surface area contributed by atoms with Crippen LogP contribution in [0, 0.1) is 6.92 Å². The van der Waals surface area contributed by atoms with Gasteiger partial charge in [0.1, 0.15) is 5.60 Å². The predicted molar refractivity (Wildman–Crippen MR) is 118 cm³/mol. The van der Waals surface area contributed by atoms with Crippen molar-refractivity contribution in [1.82, 2.24) is 24.8 Å². The maximum atomic E-state index is 12.3. The summed E-state index contributed by atoms with van der Waals surface area (Å²) in [6, 6.07) is 6.31. The summed E-state index contributed by atoms with van der Waals surface area (Å²) in [7, 11) is 0. The zero-order valence-electron chi connectivity index (χ0n) is 19.2. The topological polar surface area (TPSA) is 86.3 Å². The molecule has 0 N–H and O–H groups in total. The van der Waals surface area contributed by atoms with Crippen LogP contribution in [0.4, 0.5) is 4.79 Å². The van der Waals surface area contributed by atoms with Crippen molar-refractivity contribution in [2.75, 3.05) is 13.1 Å². The first-order valence-corrected chi connectivity index (χ1v) is 10.9. The van der Waals surface area contributed by atoms with Gasteiger partial charge in [-0.15, -0.1) is 0 Å². The molecule has 2 aromatic heterocycles. The molecule has 1 aliphatic rings. The van der Waals surface area contributed by atoms with Gasteiger partial charge >= 0.3 is 6.09 Å². The number of likely N-dealkylation sites (tertiary alicyclic amines) is 1. The number of fused-ring (bicyclic) bond motifs is 1. The van der Waals surface area contributed by atoms with Crippen LogP contribution in [0.1, 0.15) is 76.4 Å². The highest BCUT2D eigenvalue weighted by atomic mass is 16.6. The minimum Gasteiger partial charge on any atom is -0.444 e. The summed E-state index contributed by atoms with van der Waals surface area (Å²) in [6.45, 7) is 13.2. The molecule has 0 radical (unpaired) electrons. The lowest BCUT2D eigenvalue weighted by Gasteiger charge is -2.32. The first-order valence-electron chi connectivity index (χ1n) is 10.9. The average Bonchev–Trinajstić information content (AvgIpc) is 3.31. The number of benzene rings is 1. The molecule has 0 unspecified atom stereocenters. The van der Waals surface area contributed by atoms with Gasteiger partial charge < -0.3 is 14.2 Å². The number of nitrogens with zero attached hydrogens (tertiary/aromatic N) is 5. The quantitative estimate of drug-likeness (QED) is 0.590. The van der Waals surface area contributed by atoms with Crippen molar-refractivity contribution in [3.8, 4) is 5.95 Å². The Kier molecular flexibility index (Phi) is 5.49. The third-order valence-corrected chi connectivity index (χ3v) is 5.53. The van der Waals surface area contributed by atoms with Crippen LogP contribution < -0.4 is 0 Å². The van der Waals surface area contributed by atoms with Gasteiger partial charge in [-0.25, -0.2) is 4.79 Å². The molecular weight excluding hydrogens is 394 g/mol. The number of hydrogen-bond donors (Lipinski definition) is 0. The minimum absolute atomic E-state index is 0.119. The first kappa shape index (κ1) is 21.3. The fourth-order valence-electron chi connectivity index (χ4n) is 3.94. The standard InChI is InChI=1S/C23H31N5O3/c1-14(2)19-17-8-7-15(3)13-18(17)28(25-19)21-24-20(31-26-21)16-9-11-27(12-10-16)22(29)30-23(4,5)6/h7-8,13-14,16H,9-12H2,1-6H3. The van der Waals surface area contributed by atoms with Crippen molar-refractivity contribution in [1.29, 1.82) is 0 Å². The van der Waals surface area contributed by atoms with E-state index in [0.29, 0.717) is 24.9 Å². The third kappa shape index (κ3) is 4.43. The summed E-state index contributed by atoms with van der Waals surface area (Å²) in [5.41, 5.74) is 2.67. The van der Waals surface area contributed by atoms with Crippen molar-refractivity contribution in [3.63, 3.8) is 0 Å². The molecule has 166 valence electrons. The third-order valence-electron chi connectivity index (χ3n) is 5.53. The molecule has 1 aliphatic heterocycles. The van der Waals surface area contributed by atoms with Crippen molar-refractivity contribution >= 4 is 17.0 Å². The van der Waals surface area contributed by atoms with Gasteiger partial charge in [0.2, 0.25) is 5.89 Å². The van der Waals surface area contributed by atoms with Gasteiger partial charge in [-0.3, -0.25) is 0 Å². The number of aryl methyl sites for hydroxylation is 1. The molecule has 1 amide bonds. The highest BCUT2D eigenvalue weighted by Crippen LogP contribution is 2.30. The predicted octanol–water partition coefficient (Wildman–Crippen LogP) is 4.95. The van der Waals surface area contributed by atoms with E-state index in [1.807, 2.05) is 20.8 Å². The molecule has 8 nitrogen and oxygen atoms in total. The lowest BCUT2D eigenvalue weighted by molar-refractivity contribution is 0.0198. The van der Waals surface area contributed by atoms with Gasteiger partial charge in [0.05, 0.1) is 11.2 Å². The van der Waals surface area contributed by atoms with Gasteiger partial charge in [0.15, 0.2) is 0 Å². The Balaban J connectivity index is 1.52. The molecule has 0 saturated carbocycles. The van der Waals surface area contributed by atoms with Crippen LogP contribution in [-0.2, 0) is 4.74 Å². The Hall–Kier alpha value is -2.90. The molecule has 4 rings (SSSR count). The maximum absolute atomic E-state index is 12.3. The maximum Gasteiger partial charge on any atom is 0.410 e. The fraction of sp³-hybridized carbons (Fsp3) is 0.565. The van der Waals surface area contributed by atoms with E-state index in [2.05, 4.69) is 49.1 Å². The van der Waals surface area contributed by atoms with E-state index in [1.54, 1.807) is 9.58 Å². The van der Waals surface area contributed by atoms with Gasteiger partial charge in [-0.2, -0.15) is 14.8 Å². The molecule has 1 fully saturated rings. The zero-order valence-corrected chi connectivity index (χ0v) is 19.2. The molecule has 3 heterocycles. The van der Waals surface area contributed by atoms with E-state index in [1.165, 1.54) is 0 Å². The molecular formula is C23H31N5O3. The highest BCUT2D eigenvalue weighted by molar-refractivity contribution is 5.84. The zero-order chi connectivity index (χ0) is 22.3. The van der Waals surface area contributed by atoms with Crippen LogP contribution in [-0.4, -0.2) is 49.6 Å². The van der Waals surface area contributed by atoms with E-state index in [9.17, 15) is 4.79 Å². The SMILES string of the molecule is Cc1ccc2c(C(C)C)nn(-c3noc(C4CCN(C(=O)OC(C)(C)C)CC4)n3)c2c1. The Morgan fingerprint density at radius 1 is 1.23 bits per heavy atom. The second-order valence-electron chi connectivity index (χ2n) is 9.65. The number of amides is 1. The molecule has 0 spiro atoms. The number of aromatic nitrogens is 4. The van der Waals surface area contributed by atoms with E-state index >= 15 is 0 Å². The van der Waals surface area contributed by atoms with Crippen LogP contribution >= 0.6 is 0 Å². The smallest absolute Gasteiger partial charge is 0.410 e. The second-order valence-corrected chi connectivity index (χ2v) is 9.65. The number of rotatable bonds is 3. The Morgan fingerprint density at radius 2 is 1.94 bits per heavy atom. The van der Waals surface area contributed by atoms with Crippen LogP contribution in [0.5, 0.6) is 0 Å². The van der Waals surface area contributed by atoms with Crippen LogP contribution in [0.3, 0.4) is 0 Å². The summed E-state index contributed by atoms with van der Waals surface area (Å²) in [5.74, 6) is 1.45. The van der Waals surface area contributed by atoms with Gasteiger partial charge in [0, 0.05) is 24.4 Å². The number of carbonyl (C=O) groups excluding carboxylic acids is 1. The lowest BCUT2D eigenvalue weighted by Crippen LogP contribution is -2.41. The molecule has 0 atom stereocenters. The number of hydrogen-bond acceptors (Lipinski definition) is 6. The summed E-state index contributed by atoms with van der Waals surface area (Å²) >= 11 is 0. The minimum atomic E-state index is -0.491. The van der Waals surface area contributed by atoms with E-state index in [-0.39, 0.29) is 17.9 Å². The Bertz CT molecular complexity index is 1080. The van der Waals surface area contributed by atoms with Crippen LogP contribution in [0.2, 0.25) is 0 Å². The van der Waals surface area contributed by atoms with Gasteiger partial charge in [-0.05, 0) is 63.2 Å². The second kappa shape index (κ2) is 7.98. The number of carbonyl (C=O) groups is 1. The molecule has 8 heteroatoms. The molecule has 31 heavy (non-hydrogen) atoms. The summed E-state index contributed by atoms with van der Waals surface area (Å²) < 4.78 is 12.9. The molecule has 0 aliphatic carbocycles. The highest BCUT2D eigenvalue weighted by Gasteiger charge is 2.30. The molecule has 1 saturated heterocycles. The fourth-order valence-corrected chi connectivity index (χ4v) is 3.94. The summed E-state index contributed by atoms with van der Waals surface area (Å²) in [5, 5.41) is 10.1. The van der Waals surface area contributed by atoms with E-state index < -0.39 is 5.60 Å². The van der Waals surface area contributed by atoms with Crippen molar-refractivity contribution in [3.05, 3.63) is 35.3 Å². The number of ether oxygens (including phenoxy) is 1. The van der Waals surface area contributed by atoms with E-state index in [0.717, 1.165) is 35.0 Å². The average molecular weight is 426 g/mol. The van der Waals surface area contributed by atoms with Crippen molar-refractivity contribution in [2.45, 2.75) is 71.8 Å². The normalized spacial score (nSPS) is 15.8. The van der Waals surface area contributed by atoms with Crippen molar-refractivity contribution in [2.24, 2.45) is 0 Å². The van der Waals surface area contributed by atoms with Crippen molar-refractivity contribution < 1.29 is 14.1 Å². The molecule has 3 aromatic rings. The summed E-state index contributed by atoms with van der Waals surface area (Å²) in [4.78, 5) is 18.7. The first-order chi connectivity index (χ1) is 14.6. The van der Waals surface area contributed by atoms with Crippen LogP contribution in [0.15, 0.2) is 22.7 Å². The summed E-state index contributed by atoms with van der Waals surface area (Å²) in [6.07, 6.45) is 1.26. The van der Waals surface area contributed by atoms with Gasteiger partial charge in [0.25, 0.3) is 5.95 Å². The monoisotopic (exact) mass is 425 g/mol. The van der Waals surface area contributed by atoms with E-state index in [4.69, 9.17) is 14.4 Å². The lowest BCUT2D eigenvalue weighted by atomic mass is 9.97. The molecule has 0 bridgehead atoms. The molecule has 1 aromatic carbocycles. The Labute approximate surface area is 182 Å².